The number of ether oxygens (including phenoxy) is 2. The number of carbonyl (C=O) groups excluding carboxylic acids is 2. The van der Waals surface area contributed by atoms with Crippen LogP contribution in [0.15, 0.2) is 24.3 Å². The largest absolute Gasteiger partial charge is 0.550 e. The third-order valence-corrected chi connectivity index (χ3v) is 3.03. The fraction of sp³-hybridized carbons (Fsp3) is 0.429. The highest BCUT2D eigenvalue weighted by atomic mass is 16.6. The number of aliphatic carboxylic acids is 1. The Labute approximate surface area is 116 Å². The average Bonchev–Trinajstić information content (AvgIpc) is 2.44. The van der Waals surface area contributed by atoms with Crippen molar-refractivity contribution in [3.63, 3.8) is 0 Å². The fourth-order valence-electron chi connectivity index (χ4n) is 1.92. The molecule has 2 atom stereocenters. The van der Waals surface area contributed by atoms with Crippen LogP contribution in [0.25, 0.3) is 0 Å². The fourth-order valence-corrected chi connectivity index (χ4v) is 1.92. The predicted octanol–water partition coefficient (Wildman–Crippen LogP) is -0.139. The molecule has 0 bridgehead atoms. The summed E-state index contributed by atoms with van der Waals surface area (Å²) in [5, 5.41) is 13.0. The third-order valence-electron chi connectivity index (χ3n) is 3.03. The molecule has 6 nitrogen and oxygen atoms in total. The summed E-state index contributed by atoms with van der Waals surface area (Å²) in [6.07, 6.45) is -0.697. The molecule has 1 heterocycles. The van der Waals surface area contributed by atoms with E-state index < -0.39 is 5.97 Å². The van der Waals surface area contributed by atoms with Crippen LogP contribution in [0.1, 0.15) is 19.8 Å². The van der Waals surface area contributed by atoms with Crippen molar-refractivity contribution in [2.75, 3.05) is 6.61 Å². The van der Waals surface area contributed by atoms with Gasteiger partial charge in [0.25, 0.3) is 0 Å². The molecule has 0 saturated carbocycles. The van der Waals surface area contributed by atoms with E-state index in [0.717, 1.165) is 0 Å². The first-order valence-corrected chi connectivity index (χ1v) is 6.44. The smallest absolute Gasteiger partial charge is 0.220 e. The molecule has 0 aliphatic carbocycles. The Bertz CT molecular complexity index is 502. The minimum absolute atomic E-state index is 0.100. The van der Waals surface area contributed by atoms with Crippen molar-refractivity contribution in [3.8, 4) is 11.5 Å². The lowest BCUT2D eigenvalue weighted by atomic mass is 10.1. The zero-order chi connectivity index (χ0) is 14.5. The van der Waals surface area contributed by atoms with E-state index >= 15 is 0 Å². The maximum absolute atomic E-state index is 11.5. The van der Waals surface area contributed by atoms with Crippen LogP contribution in [0.5, 0.6) is 11.5 Å². The second kappa shape index (κ2) is 6.27. The lowest BCUT2D eigenvalue weighted by molar-refractivity contribution is -0.305. The number of carboxylic acids is 1. The van der Waals surface area contributed by atoms with Crippen molar-refractivity contribution < 1.29 is 24.2 Å². The Hall–Kier alpha value is -2.24. The molecule has 1 aromatic carbocycles. The molecule has 108 valence electrons. The summed E-state index contributed by atoms with van der Waals surface area (Å²) < 4.78 is 11.3. The summed E-state index contributed by atoms with van der Waals surface area (Å²) in [7, 11) is 0. The molecule has 20 heavy (non-hydrogen) atoms. The molecule has 1 aliphatic rings. The van der Waals surface area contributed by atoms with Gasteiger partial charge in [0.2, 0.25) is 5.91 Å². The average molecular weight is 278 g/mol. The monoisotopic (exact) mass is 278 g/mol. The predicted molar refractivity (Wildman–Crippen MR) is 68.2 cm³/mol. The van der Waals surface area contributed by atoms with Gasteiger partial charge in [-0.15, -0.1) is 0 Å². The maximum atomic E-state index is 11.5. The highest BCUT2D eigenvalue weighted by Gasteiger charge is 2.26. The van der Waals surface area contributed by atoms with Crippen LogP contribution in [0.4, 0.5) is 0 Å². The number of amides is 1. The number of para-hydroxylation sites is 2. The topological polar surface area (TPSA) is 87.7 Å². The van der Waals surface area contributed by atoms with E-state index in [2.05, 4.69) is 5.32 Å². The van der Waals surface area contributed by atoms with Crippen LogP contribution in [0.3, 0.4) is 0 Å². The van der Waals surface area contributed by atoms with Crippen molar-refractivity contribution in [3.05, 3.63) is 24.3 Å². The number of fused-ring (bicyclic) bond motifs is 1. The number of carboxylic acid groups (broad SMARTS) is 1. The van der Waals surface area contributed by atoms with E-state index in [0.29, 0.717) is 18.1 Å². The Morgan fingerprint density at radius 1 is 1.35 bits per heavy atom. The van der Waals surface area contributed by atoms with Crippen molar-refractivity contribution in [1.29, 1.82) is 0 Å². The van der Waals surface area contributed by atoms with Crippen molar-refractivity contribution in [2.24, 2.45) is 0 Å². The van der Waals surface area contributed by atoms with Crippen LogP contribution in [0, 0.1) is 0 Å². The Kier molecular flexibility index (Phi) is 4.45. The second-order valence-corrected chi connectivity index (χ2v) is 4.64. The molecule has 1 aliphatic heterocycles. The molecule has 6 heteroatoms. The van der Waals surface area contributed by atoms with Crippen LogP contribution < -0.4 is 19.9 Å². The molecule has 0 spiro atoms. The molecule has 0 aromatic heterocycles. The van der Waals surface area contributed by atoms with Gasteiger partial charge in [0, 0.05) is 12.4 Å². The first kappa shape index (κ1) is 14.2. The SMILES string of the molecule is C[C@@H](NC(=O)CCC(=O)[O-])[C@@H]1COc2ccccc2O1. The number of nitrogens with one attached hydrogen (secondary N) is 1. The van der Waals surface area contributed by atoms with Gasteiger partial charge in [-0.25, -0.2) is 0 Å². The zero-order valence-electron chi connectivity index (χ0n) is 11.1. The number of hydrogen-bond acceptors (Lipinski definition) is 5. The van der Waals surface area contributed by atoms with Gasteiger partial charge in [0.05, 0.1) is 6.04 Å². The number of rotatable bonds is 5. The molecule has 0 unspecified atom stereocenters. The molecule has 0 saturated heterocycles. The quantitative estimate of drug-likeness (QED) is 0.810. The van der Waals surface area contributed by atoms with Crippen LogP contribution in [-0.2, 0) is 9.59 Å². The van der Waals surface area contributed by atoms with Gasteiger partial charge in [0.15, 0.2) is 17.6 Å². The number of benzene rings is 1. The Morgan fingerprint density at radius 2 is 2.05 bits per heavy atom. The highest BCUT2D eigenvalue weighted by molar-refractivity contribution is 5.80. The van der Waals surface area contributed by atoms with Crippen molar-refractivity contribution in [1.82, 2.24) is 5.32 Å². The van der Waals surface area contributed by atoms with Gasteiger partial charge >= 0.3 is 0 Å². The number of carbonyl (C=O) groups is 2. The van der Waals surface area contributed by atoms with Gasteiger partial charge < -0.3 is 24.7 Å². The van der Waals surface area contributed by atoms with E-state index in [1.807, 2.05) is 18.2 Å². The normalized spacial score (nSPS) is 18.1. The Morgan fingerprint density at radius 3 is 2.75 bits per heavy atom. The van der Waals surface area contributed by atoms with E-state index in [-0.39, 0.29) is 30.9 Å². The standard InChI is InChI=1S/C14H17NO5/c1-9(15-13(16)6-7-14(17)18)12-8-19-10-4-2-3-5-11(10)20-12/h2-5,9,12H,6-8H2,1H3,(H,15,16)(H,17,18)/p-1/t9-,12+/m1/s1. The summed E-state index contributed by atoms with van der Waals surface area (Å²) in [6, 6.07) is 7.03. The molecule has 2 rings (SSSR count). The molecular formula is C14H16NO5-. The molecule has 1 amide bonds. The summed E-state index contributed by atoms with van der Waals surface area (Å²) in [4.78, 5) is 21.8. The van der Waals surface area contributed by atoms with E-state index in [9.17, 15) is 14.7 Å². The van der Waals surface area contributed by atoms with Gasteiger partial charge in [0.1, 0.15) is 6.61 Å². The van der Waals surface area contributed by atoms with Crippen LogP contribution >= 0.6 is 0 Å². The van der Waals surface area contributed by atoms with Gasteiger partial charge in [-0.2, -0.15) is 0 Å². The summed E-state index contributed by atoms with van der Waals surface area (Å²) in [5.74, 6) is -0.262. The minimum atomic E-state index is -1.24. The highest BCUT2D eigenvalue weighted by Crippen LogP contribution is 2.31. The molecule has 0 fully saturated rings. The molecular weight excluding hydrogens is 262 g/mol. The van der Waals surface area contributed by atoms with Gasteiger partial charge in [-0.05, 0) is 25.5 Å². The van der Waals surface area contributed by atoms with E-state index in [1.54, 1.807) is 13.0 Å². The molecule has 1 aromatic rings. The minimum Gasteiger partial charge on any atom is -0.550 e. The first-order valence-electron chi connectivity index (χ1n) is 6.44. The van der Waals surface area contributed by atoms with Crippen LogP contribution in [0.2, 0.25) is 0 Å². The molecule has 0 radical (unpaired) electrons. The maximum Gasteiger partial charge on any atom is 0.220 e. The molecule has 1 N–H and O–H groups in total. The summed E-state index contributed by atoms with van der Waals surface area (Å²) >= 11 is 0. The van der Waals surface area contributed by atoms with Gasteiger partial charge in [-0.1, -0.05) is 12.1 Å². The Balaban J connectivity index is 1.86. The lowest BCUT2D eigenvalue weighted by Crippen LogP contribution is -2.48. The van der Waals surface area contributed by atoms with Crippen molar-refractivity contribution in [2.45, 2.75) is 31.9 Å². The first-order chi connectivity index (χ1) is 9.56. The number of hydrogen-bond donors (Lipinski definition) is 1. The lowest BCUT2D eigenvalue weighted by Gasteiger charge is -2.30. The van der Waals surface area contributed by atoms with Gasteiger partial charge in [-0.3, -0.25) is 4.79 Å². The van der Waals surface area contributed by atoms with Crippen LogP contribution in [-0.4, -0.2) is 30.6 Å². The summed E-state index contributed by atoms with van der Waals surface area (Å²) in [5.41, 5.74) is 0. The third kappa shape index (κ3) is 3.63. The second-order valence-electron chi connectivity index (χ2n) is 4.64. The van der Waals surface area contributed by atoms with Crippen molar-refractivity contribution >= 4 is 11.9 Å². The van der Waals surface area contributed by atoms with E-state index in [4.69, 9.17) is 9.47 Å². The van der Waals surface area contributed by atoms with E-state index in [1.165, 1.54) is 0 Å². The zero-order valence-corrected chi connectivity index (χ0v) is 11.1. The summed E-state index contributed by atoms with van der Waals surface area (Å²) in [6.45, 7) is 2.12.